The fraction of sp³-hybridized carbons (Fsp3) is 0.719. The van der Waals surface area contributed by atoms with Crippen LogP contribution in [0.5, 0.6) is 0 Å². The van der Waals surface area contributed by atoms with Crippen molar-refractivity contribution in [1.82, 2.24) is 10.1 Å². The van der Waals surface area contributed by atoms with Crippen LogP contribution in [0.3, 0.4) is 0 Å². The first-order valence-electron chi connectivity index (χ1n) is 14.6. The molecule has 5 aliphatic carbocycles. The molecule has 1 heterocycles. The number of fused-ring (bicyclic) bond motifs is 7. The Morgan fingerprint density at radius 2 is 1.85 bits per heavy atom. The molecule has 0 amide bonds. The lowest BCUT2D eigenvalue weighted by molar-refractivity contribution is -0.155. The van der Waals surface area contributed by atoms with Crippen LogP contribution in [0, 0.1) is 62.6 Å². The van der Waals surface area contributed by atoms with Crippen molar-refractivity contribution in [3.05, 3.63) is 35.0 Å². The fourth-order valence-electron chi connectivity index (χ4n) is 10.3. The largest absolute Gasteiger partial charge is 0.339 e. The highest BCUT2D eigenvalue weighted by atomic mass is 19.1. The summed E-state index contributed by atoms with van der Waals surface area (Å²) in [4.78, 5) is 31.7. The number of nitriles is 1. The number of aromatic nitrogens is 2. The number of Topliss-reactive ketones (excluding diaryl/α,β-unsaturated/α-hetero) is 1. The monoisotopic (exact) mass is 533 g/mol. The standard InChI is InChI=1S/C32H40FN3O3/c1-17-22-8-10-31(5)24(30(22,4)12-18(16-34)27(17)38)11-23(37)26-20-13-29(2,3)14-21(19(20)7-9-32(26,31)6)28-35-25(15-33)36-39-28/h11-12,17,19-22,26H,7-10,13-15H2,1-6H3/t17-,19?,20+,21+,22-,26-,30-,31+,32+/m0/s1. The van der Waals surface area contributed by atoms with Gasteiger partial charge in [-0.25, -0.2) is 4.39 Å². The molecule has 6 nitrogen and oxygen atoms in total. The van der Waals surface area contributed by atoms with Gasteiger partial charge in [-0.3, -0.25) is 9.59 Å². The van der Waals surface area contributed by atoms with Crippen LogP contribution in [0.2, 0.25) is 0 Å². The van der Waals surface area contributed by atoms with E-state index in [1.54, 1.807) is 0 Å². The van der Waals surface area contributed by atoms with E-state index < -0.39 is 12.1 Å². The maximum atomic E-state index is 14.4. The zero-order valence-corrected chi connectivity index (χ0v) is 24.0. The van der Waals surface area contributed by atoms with Gasteiger partial charge in [-0.1, -0.05) is 58.3 Å². The van der Waals surface area contributed by atoms with Gasteiger partial charge in [0, 0.05) is 23.2 Å². The summed E-state index contributed by atoms with van der Waals surface area (Å²) in [6, 6.07) is 2.16. The second-order valence-electron chi connectivity index (χ2n) is 14.7. The van der Waals surface area contributed by atoms with Gasteiger partial charge in [0.25, 0.3) is 0 Å². The summed E-state index contributed by atoms with van der Waals surface area (Å²) in [5.41, 5.74) is 0.378. The molecule has 0 bridgehead atoms. The first kappa shape index (κ1) is 26.6. The molecule has 0 aliphatic heterocycles. The number of nitrogens with zero attached hydrogens (tertiary/aromatic N) is 3. The van der Waals surface area contributed by atoms with Crippen LogP contribution in [0.1, 0.15) is 97.7 Å². The Morgan fingerprint density at radius 3 is 2.51 bits per heavy atom. The van der Waals surface area contributed by atoms with Crippen LogP contribution >= 0.6 is 0 Å². The summed E-state index contributed by atoms with van der Waals surface area (Å²) in [7, 11) is 0. The molecule has 1 aromatic heterocycles. The summed E-state index contributed by atoms with van der Waals surface area (Å²) in [5.74, 6) is 0.870. The second kappa shape index (κ2) is 8.44. The summed E-state index contributed by atoms with van der Waals surface area (Å²) in [6.07, 6.45) is 9.35. The number of hydrogen-bond donors (Lipinski definition) is 0. The topological polar surface area (TPSA) is 96.8 Å². The van der Waals surface area contributed by atoms with Gasteiger partial charge in [-0.15, -0.1) is 0 Å². The number of hydrogen-bond acceptors (Lipinski definition) is 6. The summed E-state index contributed by atoms with van der Waals surface area (Å²) < 4.78 is 18.9. The number of ketones is 2. The van der Waals surface area contributed by atoms with E-state index >= 15 is 0 Å². The van der Waals surface area contributed by atoms with E-state index in [4.69, 9.17) is 4.52 Å². The van der Waals surface area contributed by atoms with Gasteiger partial charge in [-0.2, -0.15) is 10.2 Å². The van der Waals surface area contributed by atoms with Crippen molar-refractivity contribution < 1.29 is 18.5 Å². The predicted octanol–water partition coefficient (Wildman–Crippen LogP) is 6.69. The Labute approximate surface area is 230 Å². The average molecular weight is 534 g/mol. The Morgan fingerprint density at radius 1 is 1.10 bits per heavy atom. The van der Waals surface area contributed by atoms with E-state index in [9.17, 15) is 19.2 Å². The zero-order valence-electron chi connectivity index (χ0n) is 24.0. The highest BCUT2D eigenvalue weighted by molar-refractivity contribution is 6.02. The minimum absolute atomic E-state index is 0.0154. The normalized spacial score (nSPS) is 44.7. The quantitative estimate of drug-likeness (QED) is 0.420. The zero-order chi connectivity index (χ0) is 28.1. The number of alkyl halides is 1. The minimum atomic E-state index is -0.745. The van der Waals surface area contributed by atoms with Crippen LogP contribution in [0.15, 0.2) is 27.8 Å². The van der Waals surface area contributed by atoms with Gasteiger partial charge in [0.15, 0.2) is 18.2 Å². The lowest BCUT2D eigenvalue weighted by Crippen LogP contribution is -2.62. The Kier molecular flexibility index (Phi) is 5.76. The van der Waals surface area contributed by atoms with Gasteiger partial charge in [0.05, 0.1) is 5.57 Å². The Hall–Kier alpha value is -2.62. The summed E-state index contributed by atoms with van der Waals surface area (Å²) >= 11 is 0. The van der Waals surface area contributed by atoms with E-state index in [1.807, 2.05) is 19.1 Å². The summed E-state index contributed by atoms with van der Waals surface area (Å²) in [5, 5.41) is 13.6. The molecular formula is C32H40FN3O3. The van der Waals surface area contributed by atoms with Crippen molar-refractivity contribution in [2.24, 2.45) is 51.2 Å². The average Bonchev–Trinajstić information content (AvgIpc) is 3.36. The van der Waals surface area contributed by atoms with Crippen molar-refractivity contribution in [3.8, 4) is 6.07 Å². The smallest absolute Gasteiger partial charge is 0.230 e. The van der Waals surface area contributed by atoms with E-state index in [-0.39, 0.29) is 74.7 Å². The maximum Gasteiger partial charge on any atom is 0.230 e. The molecule has 0 saturated heterocycles. The molecule has 3 saturated carbocycles. The van der Waals surface area contributed by atoms with Crippen molar-refractivity contribution in [3.63, 3.8) is 0 Å². The molecule has 0 N–H and O–H groups in total. The molecule has 208 valence electrons. The van der Waals surface area contributed by atoms with Crippen LogP contribution in [-0.4, -0.2) is 21.7 Å². The number of rotatable bonds is 2. The molecule has 0 spiro atoms. The Bertz CT molecular complexity index is 1350. The van der Waals surface area contributed by atoms with Crippen molar-refractivity contribution >= 4 is 11.6 Å². The van der Waals surface area contributed by atoms with Crippen molar-refractivity contribution in [2.75, 3.05) is 0 Å². The molecule has 0 radical (unpaired) electrons. The summed E-state index contributed by atoms with van der Waals surface area (Å²) in [6.45, 7) is 12.6. The van der Waals surface area contributed by atoms with Gasteiger partial charge < -0.3 is 4.52 Å². The van der Waals surface area contributed by atoms with Crippen LogP contribution < -0.4 is 0 Å². The number of allylic oxidation sites excluding steroid dienone is 4. The predicted molar refractivity (Wildman–Crippen MR) is 143 cm³/mol. The molecule has 3 fully saturated rings. The van der Waals surface area contributed by atoms with Gasteiger partial charge in [-0.05, 0) is 78.6 Å². The lowest BCUT2D eigenvalue weighted by atomic mass is 9.36. The molecule has 7 heteroatoms. The minimum Gasteiger partial charge on any atom is -0.339 e. The van der Waals surface area contributed by atoms with Crippen LogP contribution in [-0.2, 0) is 16.3 Å². The van der Waals surface area contributed by atoms with Gasteiger partial charge >= 0.3 is 0 Å². The SMILES string of the molecule is C[C@@H]1C(=O)C(C#N)=C[C@]2(C)C3=CC(=O)[C@@H]4[C@@H]5CC(C)(C)C[C@@H](c6nc(CF)no6)C5CC[C@@]4(C)[C@]3(C)CC[C@@H]12. The van der Waals surface area contributed by atoms with E-state index in [0.29, 0.717) is 5.89 Å². The molecule has 0 aromatic carbocycles. The van der Waals surface area contributed by atoms with E-state index in [2.05, 4.69) is 50.8 Å². The second-order valence-corrected chi connectivity index (χ2v) is 14.7. The third kappa shape index (κ3) is 3.48. The molecule has 6 rings (SSSR count). The van der Waals surface area contributed by atoms with E-state index in [1.165, 1.54) is 0 Å². The lowest BCUT2D eigenvalue weighted by Gasteiger charge is -2.67. The maximum absolute atomic E-state index is 14.4. The molecule has 5 aliphatic rings. The van der Waals surface area contributed by atoms with E-state index in [0.717, 1.165) is 44.1 Å². The molecule has 1 aromatic rings. The first-order chi connectivity index (χ1) is 18.3. The third-order valence-electron chi connectivity index (χ3n) is 12.3. The van der Waals surface area contributed by atoms with Crippen molar-refractivity contribution in [1.29, 1.82) is 5.26 Å². The Balaban J connectivity index is 1.46. The highest BCUT2D eigenvalue weighted by Gasteiger charge is 2.67. The highest BCUT2D eigenvalue weighted by Crippen LogP contribution is 2.72. The number of carbonyl (C=O) groups excluding carboxylic acids is 2. The molecule has 9 atom stereocenters. The van der Waals surface area contributed by atoms with Gasteiger partial charge in [0.1, 0.15) is 6.07 Å². The molecule has 39 heavy (non-hydrogen) atoms. The number of halogens is 1. The van der Waals surface area contributed by atoms with Crippen LogP contribution in [0.4, 0.5) is 4.39 Å². The van der Waals surface area contributed by atoms with Crippen LogP contribution in [0.25, 0.3) is 0 Å². The van der Waals surface area contributed by atoms with Crippen molar-refractivity contribution in [2.45, 2.75) is 92.7 Å². The molecular weight excluding hydrogens is 493 g/mol. The first-order valence-corrected chi connectivity index (χ1v) is 14.6. The number of carbonyl (C=O) groups is 2. The third-order valence-corrected chi connectivity index (χ3v) is 12.3. The van der Waals surface area contributed by atoms with Gasteiger partial charge in [0.2, 0.25) is 11.7 Å². The fourth-order valence-corrected chi connectivity index (χ4v) is 10.3. The molecule has 1 unspecified atom stereocenters.